The van der Waals surface area contributed by atoms with E-state index in [0.717, 1.165) is 25.4 Å². The molecule has 0 spiro atoms. The van der Waals surface area contributed by atoms with Crippen molar-refractivity contribution in [2.45, 2.75) is 47.5 Å². The zero-order valence-corrected chi connectivity index (χ0v) is 13.9. The molecule has 1 aromatic rings. The molecule has 1 nitrogen and oxygen atoms in total. The van der Waals surface area contributed by atoms with Gasteiger partial charge in [-0.05, 0) is 42.3 Å². The first-order chi connectivity index (χ1) is 9.51. The average Bonchev–Trinajstić information content (AvgIpc) is 2.38. The lowest BCUT2D eigenvalue weighted by Crippen LogP contribution is -2.21. The Morgan fingerprint density at radius 1 is 1.05 bits per heavy atom. The van der Waals surface area contributed by atoms with Crippen LogP contribution in [-0.4, -0.2) is 13.1 Å². The summed E-state index contributed by atoms with van der Waals surface area (Å²) in [7, 11) is 0. The van der Waals surface area contributed by atoms with Crippen LogP contribution in [0, 0.1) is 11.8 Å². The molecule has 0 unspecified atom stereocenters. The van der Waals surface area contributed by atoms with E-state index in [1.807, 2.05) is 0 Å². The molecule has 0 saturated carbocycles. The molecule has 0 fully saturated rings. The number of nitrogens with one attached hydrogen (secondary N) is 1. The highest BCUT2D eigenvalue weighted by atomic mass is 14.9. The molecule has 1 aromatic carbocycles. The molecular formula is C19H31N. The third kappa shape index (κ3) is 6.91. The Morgan fingerprint density at radius 3 is 2.20 bits per heavy atom. The van der Waals surface area contributed by atoms with Gasteiger partial charge in [0, 0.05) is 6.54 Å². The summed E-state index contributed by atoms with van der Waals surface area (Å²) in [6, 6.07) is 9.02. The van der Waals surface area contributed by atoms with Crippen molar-refractivity contribution in [1.82, 2.24) is 5.32 Å². The second kappa shape index (κ2) is 8.97. The summed E-state index contributed by atoms with van der Waals surface area (Å²) in [6.45, 7) is 13.3. The molecule has 0 atom stereocenters. The van der Waals surface area contributed by atoms with Gasteiger partial charge in [0.1, 0.15) is 0 Å². The second-order valence-electron chi connectivity index (χ2n) is 6.52. The quantitative estimate of drug-likeness (QED) is 0.708. The second-order valence-corrected chi connectivity index (χ2v) is 6.52. The molecule has 0 heterocycles. The predicted octanol–water partition coefficient (Wildman–Crippen LogP) is 4.92. The minimum absolute atomic E-state index is 0.712. The number of benzene rings is 1. The minimum atomic E-state index is 0.712. The van der Waals surface area contributed by atoms with Crippen LogP contribution in [0.4, 0.5) is 0 Å². The van der Waals surface area contributed by atoms with Crippen molar-refractivity contribution in [2.24, 2.45) is 11.8 Å². The van der Waals surface area contributed by atoms with Gasteiger partial charge in [-0.1, -0.05) is 70.5 Å². The molecule has 112 valence electrons. The highest BCUT2D eigenvalue weighted by Gasteiger charge is 2.00. The van der Waals surface area contributed by atoms with Crippen molar-refractivity contribution in [3.8, 4) is 0 Å². The molecular weight excluding hydrogens is 242 g/mol. The van der Waals surface area contributed by atoms with Crippen molar-refractivity contribution < 1.29 is 0 Å². The van der Waals surface area contributed by atoms with Crippen molar-refractivity contribution in [3.05, 3.63) is 41.0 Å². The van der Waals surface area contributed by atoms with E-state index in [1.165, 1.54) is 23.1 Å². The number of hydrogen-bond donors (Lipinski definition) is 1. The Hall–Kier alpha value is -1.08. The minimum Gasteiger partial charge on any atom is -0.313 e. The van der Waals surface area contributed by atoms with Crippen molar-refractivity contribution in [3.63, 3.8) is 0 Å². The van der Waals surface area contributed by atoms with Gasteiger partial charge in [0.05, 0.1) is 0 Å². The number of rotatable bonds is 8. The molecule has 0 amide bonds. The lowest BCUT2D eigenvalue weighted by atomic mass is 10.0. The van der Waals surface area contributed by atoms with Gasteiger partial charge in [0.25, 0.3) is 0 Å². The Bertz CT molecular complexity index is 398. The lowest BCUT2D eigenvalue weighted by Gasteiger charge is -2.10. The molecule has 0 radical (unpaired) electrons. The first kappa shape index (κ1) is 17.0. The van der Waals surface area contributed by atoms with E-state index >= 15 is 0 Å². The van der Waals surface area contributed by atoms with Gasteiger partial charge in [-0.15, -0.1) is 0 Å². The Morgan fingerprint density at radius 2 is 1.70 bits per heavy atom. The van der Waals surface area contributed by atoms with E-state index in [1.54, 1.807) is 0 Å². The van der Waals surface area contributed by atoms with Crippen LogP contribution in [0.1, 0.15) is 52.2 Å². The molecule has 1 N–H and O–H groups in total. The predicted molar refractivity (Wildman–Crippen MR) is 91.0 cm³/mol. The smallest absolute Gasteiger partial charge is 0.0167 e. The maximum Gasteiger partial charge on any atom is 0.0167 e. The highest BCUT2D eigenvalue weighted by molar-refractivity contribution is 5.53. The van der Waals surface area contributed by atoms with Crippen molar-refractivity contribution >= 4 is 6.08 Å². The molecule has 1 rings (SSSR count). The van der Waals surface area contributed by atoms with Crippen LogP contribution >= 0.6 is 0 Å². The maximum atomic E-state index is 3.53. The van der Waals surface area contributed by atoms with Gasteiger partial charge in [0.2, 0.25) is 0 Å². The Balaban J connectivity index is 2.60. The van der Waals surface area contributed by atoms with Crippen molar-refractivity contribution in [2.75, 3.05) is 13.1 Å². The zero-order valence-electron chi connectivity index (χ0n) is 13.9. The summed E-state index contributed by atoms with van der Waals surface area (Å²) in [5, 5.41) is 3.53. The molecule has 0 bridgehead atoms. The van der Waals surface area contributed by atoms with Crippen LogP contribution in [0.15, 0.2) is 29.8 Å². The lowest BCUT2D eigenvalue weighted by molar-refractivity contribution is 0.569. The fourth-order valence-electron chi connectivity index (χ4n) is 2.26. The van der Waals surface area contributed by atoms with E-state index in [9.17, 15) is 0 Å². The van der Waals surface area contributed by atoms with Crippen LogP contribution in [0.2, 0.25) is 0 Å². The van der Waals surface area contributed by atoms with Gasteiger partial charge < -0.3 is 5.32 Å². The van der Waals surface area contributed by atoms with E-state index in [2.05, 4.69) is 70.3 Å². The summed E-state index contributed by atoms with van der Waals surface area (Å²) in [5.41, 5.74) is 4.23. The summed E-state index contributed by atoms with van der Waals surface area (Å²) < 4.78 is 0. The van der Waals surface area contributed by atoms with E-state index < -0.39 is 0 Å². The van der Waals surface area contributed by atoms with Gasteiger partial charge in [-0.2, -0.15) is 0 Å². The molecule has 1 heteroatoms. The van der Waals surface area contributed by atoms with E-state index in [-0.39, 0.29) is 0 Å². The highest BCUT2D eigenvalue weighted by Crippen LogP contribution is 2.13. The fourth-order valence-corrected chi connectivity index (χ4v) is 2.26. The van der Waals surface area contributed by atoms with Gasteiger partial charge in [0.15, 0.2) is 0 Å². The molecule has 0 aliphatic heterocycles. The molecule has 20 heavy (non-hydrogen) atoms. The topological polar surface area (TPSA) is 12.0 Å². The third-order valence-electron chi connectivity index (χ3n) is 3.35. The summed E-state index contributed by atoms with van der Waals surface area (Å²) in [4.78, 5) is 0. The van der Waals surface area contributed by atoms with Crippen LogP contribution in [0.25, 0.3) is 6.08 Å². The zero-order chi connectivity index (χ0) is 15.0. The molecule has 0 aliphatic carbocycles. The first-order valence-corrected chi connectivity index (χ1v) is 8.00. The van der Waals surface area contributed by atoms with Crippen LogP contribution in [-0.2, 0) is 6.42 Å². The summed E-state index contributed by atoms with van der Waals surface area (Å²) in [5.74, 6) is 1.44. The molecule has 0 saturated heterocycles. The molecule has 0 aliphatic rings. The summed E-state index contributed by atoms with van der Waals surface area (Å²) >= 11 is 0. The average molecular weight is 273 g/mol. The van der Waals surface area contributed by atoms with Crippen molar-refractivity contribution in [1.29, 1.82) is 0 Å². The first-order valence-electron chi connectivity index (χ1n) is 8.00. The SMILES string of the molecule is CC/C(=C/c1ccc(CC(C)C)cc1)CNCC(C)C. The maximum absolute atomic E-state index is 3.53. The van der Waals surface area contributed by atoms with Crippen LogP contribution in [0.5, 0.6) is 0 Å². The van der Waals surface area contributed by atoms with E-state index in [0.29, 0.717) is 5.92 Å². The van der Waals surface area contributed by atoms with Crippen LogP contribution < -0.4 is 5.32 Å². The number of hydrogen-bond acceptors (Lipinski definition) is 1. The van der Waals surface area contributed by atoms with Crippen LogP contribution in [0.3, 0.4) is 0 Å². The monoisotopic (exact) mass is 273 g/mol. The van der Waals surface area contributed by atoms with E-state index in [4.69, 9.17) is 0 Å². The van der Waals surface area contributed by atoms with Gasteiger partial charge >= 0.3 is 0 Å². The Kier molecular flexibility index (Phi) is 7.61. The third-order valence-corrected chi connectivity index (χ3v) is 3.35. The van der Waals surface area contributed by atoms with Gasteiger partial charge in [-0.3, -0.25) is 0 Å². The molecule has 0 aromatic heterocycles. The summed E-state index contributed by atoms with van der Waals surface area (Å²) in [6.07, 6.45) is 4.60. The largest absolute Gasteiger partial charge is 0.313 e. The fraction of sp³-hybridized carbons (Fsp3) is 0.579. The normalized spacial score (nSPS) is 12.4. The standard InChI is InChI=1S/C19H31N/c1-6-17(14-20-13-16(4)5)12-19-9-7-18(8-10-19)11-15(2)3/h7-10,12,15-16,20H,6,11,13-14H2,1-5H3/b17-12-. The Labute approximate surface area is 125 Å². The van der Waals surface area contributed by atoms with Gasteiger partial charge in [-0.25, -0.2) is 0 Å².